The number of amides is 8. The van der Waals surface area contributed by atoms with Crippen molar-refractivity contribution in [2.24, 2.45) is 50.8 Å². The van der Waals surface area contributed by atoms with Crippen LogP contribution in [-0.2, 0) is 96.3 Å². The molecule has 8 N–H and O–H groups in total. The maximum absolute atomic E-state index is 14.1. The molecule has 770 valence electrons. The lowest BCUT2D eigenvalue weighted by molar-refractivity contribution is -0.430. The number of nitrogens with zero attached hydrogens (tertiary/aromatic N) is 15. The Morgan fingerprint density at radius 2 is 1.04 bits per heavy atom. The van der Waals surface area contributed by atoms with E-state index in [4.69, 9.17) is 49.5 Å². The second-order valence-electron chi connectivity index (χ2n) is 38.3. The smallest absolute Gasteiger partial charge is 0.410 e. The van der Waals surface area contributed by atoms with Crippen LogP contribution >= 0.6 is 58.4 Å². The molecule has 8 amide bonds. The predicted octanol–water partition coefficient (Wildman–Crippen LogP) is 8.07. The standard InChI is InChI=1S/C42H48N7O10S2.C36H40N4O8S.C21H23N7O6S2/c1-42(2,3)59-41(54)48-16-14-26(19-48)30-15-17-47(36(30)51)20-27-23-60-38-31(37(52)49(38)34(27)39(53)57-21-24-6-10-28(55-4)11-7-24)18-32(50)33(35-44-40(43)61-46-35)45-58-22-25-8-12-29(56-5)13-9-25;1-36(2,3)48-35(45)38-15-14-26(19-38)39-16-13-23(31(39)42)17-25-21-49-33-29(37-18-24-7-5-6-8-28(24)41)32(43)40(33)30(25)34(44)47-20-22-9-11-27(46-4)12-10-22;22-21-24-16(26-36-21)14(25-34)13(29)5-12-18(31)28-15(20(32)33)10(8-35-19(12)28)7-27-4-2-11(17(27)30)9-1-3-23-6-9/h6-13,20,26,30-31,38H,14-19,21-23H2,1-5H3,(H2,43,44,46);5-12,17-18,26,29,33,41H,13-16,19-21H2,1-4H3;7,9,11-12,19,23H,1-6,8H2,(H3-,22,24,26,29,32,33,34)/q+1;;/p+1/b45-33+;23-17+,37-18?;/t26?,30-,31-,38-;26?,29-,33-;9?,11-,12-,19-/m111/s1. The molecule has 0 aliphatic carbocycles. The van der Waals surface area contributed by atoms with Gasteiger partial charge in [0.25, 0.3) is 5.91 Å². The van der Waals surface area contributed by atoms with Gasteiger partial charge in [-0.1, -0.05) is 58.8 Å². The van der Waals surface area contributed by atoms with Crippen molar-refractivity contribution in [1.82, 2.24) is 53.4 Å². The summed E-state index contributed by atoms with van der Waals surface area (Å²) >= 11 is 5.88. The fourth-order valence-corrected chi connectivity index (χ4v) is 24.0. The van der Waals surface area contributed by atoms with Crippen LogP contribution < -0.4 is 31.0 Å². The number of hydrogen-bond donors (Lipinski definition) is 6. The van der Waals surface area contributed by atoms with Gasteiger partial charge in [0.1, 0.15) is 76.5 Å². The number of likely N-dealkylation sites (tertiary alicyclic amines) is 3. The number of nitrogens with one attached hydrogen (secondary N) is 1. The molecule has 0 spiro atoms. The number of thioether (sulfide) groups is 3. The lowest BCUT2D eigenvalue weighted by Crippen LogP contribution is -2.64. The summed E-state index contributed by atoms with van der Waals surface area (Å²) in [6.07, 6.45) is 9.07. The Kier molecular flexibility index (Phi) is 32.7. The first-order valence-electron chi connectivity index (χ1n) is 47.4. The summed E-state index contributed by atoms with van der Waals surface area (Å²) in [6, 6.07) is 27.1. The summed E-state index contributed by atoms with van der Waals surface area (Å²) in [5.41, 5.74) is 14.1. The number of phenolic OH excluding ortho intramolecular Hbond substituents is 1. The van der Waals surface area contributed by atoms with Crippen LogP contribution in [0.5, 0.6) is 23.0 Å². The molecular weight excluding hydrogens is 1990 g/mol. The van der Waals surface area contributed by atoms with E-state index in [1.54, 1.807) is 161 Å². The first kappa shape index (κ1) is 105. The number of aliphatic carboxylic acids is 1. The summed E-state index contributed by atoms with van der Waals surface area (Å²) in [7, 11) is 4.69. The molecule has 4 aromatic carbocycles. The van der Waals surface area contributed by atoms with Crippen LogP contribution in [0.2, 0.25) is 0 Å². The quantitative estimate of drug-likeness (QED) is 0.00377. The highest BCUT2D eigenvalue weighted by Gasteiger charge is 2.59. The van der Waals surface area contributed by atoms with Crippen LogP contribution in [0.25, 0.3) is 0 Å². The Morgan fingerprint density at radius 3 is 1.55 bits per heavy atom. The van der Waals surface area contributed by atoms with Crippen molar-refractivity contribution in [3.8, 4) is 23.0 Å². The zero-order chi connectivity index (χ0) is 104. The molecule has 12 aliphatic rings. The third-order valence-electron chi connectivity index (χ3n) is 26.5. The van der Waals surface area contributed by atoms with Crippen molar-refractivity contribution in [2.45, 2.75) is 152 Å². The number of esters is 2. The van der Waals surface area contributed by atoms with Crippen molar-refractivity contribution in [1.29, 1.82) is 0 Å². The minimum absolute atomic E-state index is 0.0152. The molecule has 0 saturated carbocycles. The largest absolute Gasteiger partial charge is 0.507 e. The number of anilines is 2. The van der Waals surface area contributed by atoms with Crippen molar-refractivity contribution in [3.05, 3.63) is 176 Å². The van der Waals surface area contributed by atoms with Crippen LogP contribution in [0.3, 0.4) is 0 Å². The number of carboxylic acids is 1. The number of benzene rings is 4. The second kappa shape index (κ2) is 45.5. The maximum Gasteiger partial charge on any atom is 0.410 e. The number of oxime groups is 2. The van der Waals surface area contributed by atoms with Crippen LogP contribution in [0, 0.1) is 35.5 Å². The van der Waals surface area contributed by atoms with E-state index in [9.17, 15) is 77.7 Å². The fourth-order valence-electron chi connectivity index (χ4n) is 19.1. The number of phenols is 1. The van der Waals surface area contributed by atoms with Crippen molar-refractivity contribution in [3.63, 3.8) is 0 Å². The van der Waals surface area contributed by atoms with E-state index in [0.29, 0.717) is 134 Å². The number of nitrogens with two attached hydrogens (primary N) is 2. The summed E-state index contributed by atoms with van der Waals surface area (Å²) in [6.45, 7) is 15.7. The van der Waals surface area contributed by atoms with E-state index in [1.165, 1.54) is 56.2 Å². The number of para-hydroxylation sites is 1. The third-order valence-corrected chi connectivity index (χ3v) is 31.6. The van der Waals surface area contributed by atoms with E-state index in [-0.39, 0.29) is 148 Å². The zero-order valence-electron chi connectivity index (χ0n) is 81.5. The van der Waals surface area contributed by atoms with E-state index in [0.717, 1.165) is 53.7 Å². The predicted molar refractivity (Wildman–Crippen MR) is 537 cm³/mol. The van der Waals surface area contributed by atoms with Gasteiger partial charge in [0.2, 0.25) is 29.4 Å². The number of Topliss-reactive ketones (excluding diaryl/α,β-unsaturated/α-hetero) is 2. The van der Waals surface area contributed by atoms with Gasteiger partial charge >= 0.3 is 41.9 Å². The lowest BCUT2D eigenvalue weighted by Gasteiger charge is -2.49. The summed E-state index contributed by atoms with van der Waals surface area (Å²) in [4.78, 5) is 200. The fraction of sp³-hybridized carbons (Fsp3) is 0.455. The van der Waals surface area contributed by atoms with Gasteiger partial charge in [0, 0.05) is 116 Å². The van der Waals surface area contributed by atoms with Gasteiger partial charge in [-0.25, -0.2) is 33.6 Å². The van der Waals surface area contributed by atoms with Crippen molar-refractivity contribution < 1.29 is 125 Å². The zero-order valence-corrected chi connectivity index (χ0v) is 85.6. The molecule has 0 bridgehead atoms. The molecule has 42 nitrogen and oxygen atoms in total. The highest BCUT2D eigenvalue weighted by molar-refractivity contribution is 8.00. The summed E-state index contributed by atoms with van der Waals surface area (Å²) < 4.78 is 49.5. The van der Waals surface area contributed by atoms with Crippen LogP contribution in [0.1, 0.15) is 127 Å². The molecule has 6 aromatic rings. The number of ketones is 2. The van der Waals surface area contributed by atoms with Gasteiger partial charge in [-0.05, 0) is 169 Å². The van der Waals surface area contributed by atoms with E-state index >= 15 is 0 Å². The Labute approximate surface area is 860 Å². The average molecular weight is 2100 g/mol. The number of allylic oxidation sites excluding steroid dienone is 1. The SMILES string of the molecule is COc1ccc(CO/N=C(\C(=O)C[C@@H]2C(=O)N3C(C(=O)OCc4ccc(OC)cc4)=C(C=[N+]4CC[C@H](C5CCN(C(=O)OC(C)(C)C)C5)C4=O)CS[C@H]23)c2nsc(N)n2)cc1.COc1ccc(COC(=O)C2=C(/C=C3\CCN(C4CCN(C(=O)OC(C)(C)C)C4)C3=O)CS[C@@H]3[C@H](N=Cc4ccccc4O)C(=O)N23)cc1.Nc1nc(/C(=N/O)C(=O)C[C@@H]2C(=O)N3C(C(=O)O)=C(C=[N+]4CC[C@H](C5CCNC5)C4=O)CS[C@H]23)ns1. The third kappa shape index (κ3) is 23.7. The number of β-lactam (4-membered cyclic amide) rings is 3. The first-order valence-corrected chi connectivity index (χ1v) is 52.1. The Hall–Kier alpha value is -13.8. The number of methoxy groups -OCH3 is 3. The number of aliphatic imine (C=N–C) groups is 1. The summed E-state index contributed by atoms with van der Waals surface area (Å²) in [5.74, 6) is -4.52. The minimum atomic E-state index is -1.27. The molecule has 18 rings (SSSR count). The molecular formula is C99H112N18O24S5+2. The van der Waals surface area contributed by atoms with Crippen molar-refractivity contribution in [2.75, 3.05) is 109 Å². The van der Waals surface area contributed by atoms with Gasteiger partial charge in [-0.2, -0.15) is 27.9 Å². The number of carbonyl (C=O) groups excluding carboxylic acids is 12. The number of nitrogen functional groups attached to an aromatic ring is 2. The normalized spacial score (nSPS) is 24.4. The molecule has 14 heterocycles. The van der Waals surface area contributed by atoms with Gasteiger partial charge in [0.15, 0.2) is 64.8 Å². The molecule has 2 aromatic heterocycles. The molecule has 12 aliphatic heterocycles. The van der Waals surface area contributed by atoms with Crippen molar-refractivity contribution >= 4 is 176 Å². The molecule has 146 heavy (non-hydrogen) atoms. The molecule has 47 heteroatoms. The molecule has 9 fully saturated rings. The Morgan fingerprint density at radius 1 is 0.562 bits per heavy atom. The lowest BCUT2D eigenvalue weighted by atomic mass is 9.89. The molecule has 11 atom stereocenters. The minimum Gasteiger partial charge on any atom is -0.507 e. The number of fused-ring (bicyclic) bond motifs is 3. The van der Waals surface area contributed by atoms with Gasteiger partial charge in [-0.3, -0.25) is 48.5 Å². The number of ether oxygens (including phenoxy) is 7. The average Bonchev–Trinajstić information content (AvgIpc) is 1.47. The number of carboxylic acid groups (broad SMARTS) is 1. The highest BCUT2D eigenvalue weighted by Crippen LogP contribution is 2.49. The topological polar surface area (TPSA) is 535 Å². The monoisotopic (exact) mass is 2100 g/mol. The molecule has 9 saturated heterocycles. The number of hydrogen-bond acceptors (Lipinski definition) is 38. The number of aromatic hydroxyl groups is 1. The Bertz CT molecular complexity index is 6420. The van der Waals surface area contributed by atoms with Crippen LogP contribution in [-0.4, -0.2) is 317 Å². The highest BCUT2D eigenvalue weighted by atomic mass is 32.2. The second-order valence-corrected chi connectivity index (χ2v) is 43.2. The maximum atomic E-state index is 14.1. The van der Waals surface area contributed by atoms with E-state index < -0.39 is 104 Å². The Balaban J connectivity index is 0.000000162. The number of carbonyl (C=O) groups is 13. The van der Waals surface area contributed by atoms with Gasteiger partial charge in [0.05, 0.1) is 72.9 Å². The van der Waals surface area contributed by atoms with E-state index in [2.05, 4.69) is 39.3 Å². The number of aromatic nitrogens is 4. The van der Waals surface area contributed by atoms with Gasteiger partial charge < -0.3 is 84.9 Å². The number of rotatable bonds is 29. The van der Waals surface area contributed by atoms with Crippen LogP contribution in [0.15, 0.2) is 158 Å². The first-order chi connectivity index (χ1) is 69.9. The van der Waals surface area contributed by atoms with E-state index in [1.807, 2.05) is 41.5 Å². The molecule has 3 unspecified atom stereocenters. The van der Waals surface area contributed by atoms with Crippen LogP contribution in [0.4, 0.5) is 19.9 Å². The summed E-state index contributed by atoms with van der Waals surface area (Å²) in [5, 5.41) is 38.3. The molecule has 0 radical (unpaired) electrons. The van der Waals surface area contributed by atoms with Gasteiger partial charge in [-0.15, -0.1) is 35.3 Å².